The third-order valence-electron chi connectivity index (χ3n) is 5.52. The Morgan fingerprint density at radius 2 is 2.00 bits per heavy atom. The molecule has 0 radical (unpaired) electrons. The van der Waals surface area contributed by atoms with E-state index in [2.05, 4.69) is 75.6 Å². The van der Waals surface area contributed by atoms with Gasteiger partial charge < -0.3 is 4.90 Å². The molecule has 27 heavy (non-hydrogen) atoms. The first kappa shape index (κ1) is 23.2. The van der Waals surface area contributed by atoms with Gasteiger partial charge in [0, 0.05) is 19.0 Å². The van der Waals surface area contributed by atoms with Gasteiger partial charge in [-0.2, -0.15) is 0 Å². The Morgan fingerprint density at radius 3 is 2.59 bits per heavy atom. The lowest BCUT2D eigenvalue weighted by atomic mass is 9.94. The van der Waals surface area contributed by atoms with Gasteiger partial charge in [0.2, 0.25) is 5.91 Å². The molecule has 1 amide bonds. The molecule has 150 valence electrons. The minimum Gasteiger partial charge on any atom is -0.339 e. The van der Waals surface area contributed by atoms with Crippen LogP contribution in [0.15, 0.2) is 54.6 Å². The van der Waals surface area contributed by atoms with Crippen molar-refractivity contribution in [1.82, 2.24) is 4.90 Å². The number of likely N-dealkylation sites (tertiary alicyclic amines) is 1. The zero-order valence-electron chi connectivity index (χ0n) is 17.9. The molecule has 0 N–H and O–H groups in total. The summed E-state index contributed by atoms with van der Waals surface area (Å²) < 4.78 is 0. The number of nitrogens with zero attached hydrogens (tertiary/aromatic N) is 1. The van der Waals surface area contributed by atoms with Crippen LogP contribution in [0, 0.1) is 0 Å². The first-order valence-corrected chi connectivity index (χ1v) is 10.6. The molecule has 1 aliphatic rings. The van der Waals surface area contributed by atoms with Crippen LogP contribution in [0.2, 0.25) is 0 Å². The number of rotatable bonds is 9. The highest BCUT2D eigenvalue weighted by Gasteiger charge is 2.29. The van der Waals surface area contributed by atoms with Gasteiger partial charge in [0.05, 0.1) is 0 Å². The monoisotopic (exact) mass is 369 g/mol. The van der Waals surface area contributed by atoms with Gasteiger partial charge in [0.1, 0.15) is 0 Å². The van der Waals surface area contributed by atoms with Crippen molar-refractivity contribution in [2.75, 3.05) is 6.54 Å². The van der Waals surface area contributed by atoms with Crippen molar-refractivity contribution in [2.24, 2.45) is 0 Å². The summed E-state index contributed by atoms with van der Waals surface area (Å²) in [5.41, 5.74) is 2.80. The molecule has 0 aromatic heterocycles. The average Bonchev–Trinajstić information content (AvgIpc) is 3.06. The van der Waals surface area contributed by atoms with Crippen LogP contribution in [0.3, 0.4) is 0 Å². The van der Waals surface area contributed by atoms with E-state index in [0.29, 0.717) is 17.9 Å². The number of hydrogen-bond donors (Lipinski definition) is 0. The van der Waals surface area contributed by atoms with E-state index in [4.69, 9.17) is 0 Å². The van der Waals surface area contributed by atoms with E-state index in [1.807, 2.05) is 6.08 Å². The molecule has 2 heteroatoms. The summed E-state index contributed by atoms with van der Waals surface area (Å²) in [6.07, 6.45) is 11.5. The van der Waals surface area contributed by atoms with Gasteiger partial charge in [-0.3, -0.25) is 4.79 Å². The SMILES string of the molecule is C/C=C(\C)CCN1C(=O)CCC1CCCC(C)c1ccccc1.C=CCC. The molecule has 1 saturated heterocycles. The van der Waals surface area contributed by atoms with Crippen LogP contribution in [0.5, 0.6) is 0 Å². The quantitative estimate of drug-likeness (QED) is 0.434. The Balaban J connectivity index is 0.000000828. The van der Waals surface area contributed by atoms with Crippen LogP contribution in [0.1, 0.15) is 84.1 Å². The number of allylic oxidation sites excluding steroid dienone is 2. The number of carbonyl (C=O) groups is 1. The Morgan fingerprint density at radius 1 is 1.33 bits per heavy atom. The zero-order chi connectivity index (χ0) is 20.1. The molecule has 0 saturated carbocycles. The number of carbonyl (C=O) groups excluding carboxylic acids is 1. The lowest BCUT2D eigenvalue weighted by molar-refractivity contribution is -0.129. The molecular weight excluding hydrogens is 330 g/mol. The summed E-state index contributed by atoms with van der Waals surface area (Å²) >= 11 is 0. The molecular formula is C25H39NO. The number of amides is 1. The van der Waals surface area contributed by atoms with E-state index in [1.165, 1.54) is 24.0 Å². The van der Waals surface area contributed by atoms with E-state index in [1.54, 1.807) is 0 Å². The van der Waals surface area contributed by atoms with Crippen LogP contribution in [-0.4, -0.2) is 23.4 Å². The van der Waals surface area contributed by atoms with Crippen molar-refractivity contribution in [3.8, 4) is 0 Å². The number of benzene rings is 1. The fraction of sp³-hybridized carbons (Fsp3) is 0.560. The molecule has 0 spiro atoms. The fourth-order valence-electron chi connectivity index (χ4n) is 3.45. The largest absolute Gasteiger partial charge is 0.339 e. The highest BCUT2D eigenvalue weighted by molar-refractivity contribution is 5.78. The van der Waals surface area contributed by atoms with E-state index < -0.39 is 0 Å². The second kappa shape index (κ2) is 13.4. The number of hydrogen-bond acceptors (Lipinski definition) is 1. The summed E-state index contributed by atoms with van der Waals surface area (Å²) in [5, 5.41) is 0. The van der Waals surface area contributed by atoms with Crippen LogP contribution < -0.4 is 0 Å². The first-order chi connectivity index (χ1) is 13.0. The van der Waals surface area contributed by atoms with Crippen molar-refractivity contribution < 1.29 is 4.79 Å². The van der Waals surface area contributed by atoms with E-state index in [9.17, 15) is 4.79 Å². The summed E-state index contributed by atoms with van der Waals surface area (Å²) in [5.74, 6) is 0.960. The molecule has 1 aromatic rings. The smallest absolute Gasteiger partial charge is 0.222 e. The molecule has 2 unspecified atom stereocenters. The van der Waals surface area contributed by atoms with Crippen molar-refractivity contribution in [3.63, 3.8) is 0 Å². The molecule has 1 aliphatic heterocycles. The normalized spacial score (nSPS) is 18.1. The van der Waals surface area contributed by atoms with Crippen LogP contribution in [0.4, 0.5) is 0 Å². The second-order valence-electron chi connectivity index (χ2n) is 7.60. The minimum absolute atomic E-state index is 0.356. The van der Waals surface area contributed by atoms with Crippen LogP contribution >= 0.6 is 0 Å². The van der Waals surface area contributed by atoms with Crippen molar-refractivity contribution >= 4 is 5.91 Å². The van der Waals surface area contributed by atoms with Crippen LogP contribution in [0.25, 0.3) is 0 Å². The third-order valence-corrected chi connectivity index (χ3v) is 5.52. The van der Waals surface area contributed by atoms with Crippen molar-refractivity contribution in [2.45, 2.75) is 84.6 Å². The topological polar surface area (TPSA) is 20.3 Å². The van der Waals surface area contributed by atoms with E-state index in [-0.39, 0.29) is 0 Å². The van der Waals surface area contributed by atoms with Gasteiger partial charge >= 0.3 is 0 Å². The van der Waals surface area contributed by atoms with Crippen LogP contribution in [-0.2, 0) is 4.79 Å². The van der Waals surface area contributed by atoms with Gasteiger partial charge in [-0.15, -0.1) is 6.58 Å². The summed E-state index contributed by atoms with van der Waals surface area (Å²) in [4.78, 5) is 14.2. The lowest BCUT2D eigenvalue weighted by Gasteiger charge is -2.25. The highest BCUT2D eigenvalue weighted by Crippen LogP contribution is 2.27. The fourth-order valence-corrected chi connectivity index (χ4v) is 3.45. The predicted octanol–water partition coefficient (Wildman–Crippen LogP) is 6.89. The molecule has 1 heterocycles. The lowest BCUT2D eigenvalue weighted by Crippen LogP contribution is -2.34. The third kappa shape index (κ3) is 8.60. The predicted molar refractivity (Wildman–Crippen MR) is 118 cm³/mol. The van der Waals surface area contributed by atoms with Crippen molar-refractivity contribution in [1.29, 1.82) is 0 Å². The highest BCUT2D eigenvalue weighted by atomic mass is 16.2. The van der Waals surface area contributed by atoms with Gasteiger partial charge in [-0.25, -0.2) is 0 Å². The summed E-state index contributed by atoms with van der Waals surface area (Å²) in [7, 11) is 0. The van der Waals surface area contributed by atoms with E-state index >= 15 is 0 Å². The van der Waals surface area contributed by atoms with Gasteiger partial charge in [-0.1, -0.05) is 68.3 Å². The molecule has 1 fully saturated rings. The summed E-state index contributed by atoms with van der Waals surface area (Å²) in [6.45, 7) is 13.0. The van der Waals surface area contributed by atoms with E-state index in [0.717, 1.165) is 38.6 Å². The molecule has 2 nitrogen and oxygen atoms in total. The maximum absolute atomic E-state index is 12.1. The Bertz CT molecular complexity index is 575. The Hall–Kier alpha value is -1.83. The summed E-state index contributed by atoms with van der Waals surface area (Å²) in [6, 6.07) is 11.2. The maximum atomic E-state index is 12.1. The second-order valence-corrected chi connectivity index (χ2v) is 7.60. The molecule has 0 aliphatic carbocycles. The van der Waals surface area contributed by atoms with Gasteiger partial charge in [0.25, 0.3) is 0 Å². The zero-order valence-corrected chi connectivity index (χ0v) is 17.9. The average molecular weight is 370 g/mol. The van der Waals surface area contributed by atoms with Gasteiger partial charge in [-0.05, 0) is 57.4 Å². The maximum Gasteiger partial charge on any atom is 0.222 e. The minimum atomic E-state index is 0.356. The molecule has 2 rings (SSSR count). The van der Waals surface area contributed by atoms with Gasteiger partial charge in [0.15, 0.2) is 0 Å². The Kier molecular flexibility index (Phi) is 11.5. The molecule has 1 aromatic carbocycles. The molecule has 0 bridgehead atoms. The first-order valence-electron chi connectivity index (χ1n) is 10.6. The standard InChI is InChI=1S/C21H31NO.C4H8/c1-4-17(2)15-16-22-20(13-14-21(22)23)12-8-9-18(3)19-10-6-5-7-11-19;1-3-4-2/h4-7,10-11,18,20H,8-9,12-16H2,1-3H3;3H,1,4H2,2H3/b17-4+;. The molecule has 2 atom stereocenters. The Labute approximate surface area is 167 Å². The van der Waals surface area contributed by atoms with Crippen molar-refractivity contribution in [3.05, 3.63) is 60.2 Å².